The summed E-state index contributed by atoms with van der Waals surface area (Å²) in [7, 11) is 0. The molecule has 1 fully saturated rings. The van der Waals surface area contributed by atoms with Gasteiger partial charge in [-0.15, -0.1) is 0 Å². The normalized spacial score (nSPS) is 15.7. The highest BCUT2D eigenvalue weighted by atomic mass is 16.4. The van der Waals surface area contributed by atoms with Gasteiger partial charge in [0.15, 0.2) is 0 Å². The molecule has 5 heteroatoms. The van der Waals surface area contributed by atoms with Crippen LogP contribution in [0.2, 0.25) is 0 Å². The summed E-state index contributed by atoms with van der Waals surface area (Å²) < 4.78 is 0. The zero-order valence-corrected chi connectivity index (χ0v) is 11.1. The molecule has 1 aromatic rings. The number of aryl methyl sites for hydroxylation is 2. The van der Waals surface area contributed by atoms with E-state index in [0.29, 0.717) is 12.8 Å². The van der Waals surface area contributed by atoms with Crippen LogP contribution in [0.15, 0.2) is 18.2 Å². The third-order valence-electron chi connectivity index (χ3n) is 3.61. The second-order valence-electron chi connectivity index (χ2n) is 5.16. The maximum absolute atomic E-state index is 11.8. The first-order valence-corrected chi connectivity index (χ1v) is 6.29. The second-order valence-corrected chi connectivity index (χ2v) is 5.16. The van der Waals surface area contributed by atoms with Crippen LogP contribution in [0.5, 0.6) is 0 Å². The minimum absolute atomic E-state index is 0.180. The van der Waals surface area contributed by atoms with Gasteiger partial charge in [0.25, 0.3) is 0 Å². The Morgan fingerprint density at radius 2 is 1.84 bits per heavy atom. The van der Waals surface area contributed by atoms with Gasteiger partial charge in [0.1, 0.15) is 0 Å². The SMILES string of the molecule is Cc1cccc(C)c1NC(=O)NCC1(C(=O)O)CC1. The summed E-state index contributed by atoms with van der Waals surface area (Å²) >= 11 is 0. The number of carboxylic acid groups (broad SMARTS) is 1. The molecular weight excluding hydrogens is 244 g/mol. The molecule has 0 spiro atoms. The quantitative estimate of drug-likeness (QED) is 0.779. The molecule has 1 aliphatic carbocycles. The molecule has 0 atom stereocenters. The van der Waals surface area contributed by atoms with Gasteiger partial charge in [-0.05, 0) is 37.8 Å². The van der Waals surface area contributed by atoms with Gasteiger partial charge in [-0.2, -0.15) is 0 Å². The lowest BCUT2D eigenvalue weighted by Crippen LogP contribution is -2.37. The molecule has 2 amide bonds. The number of carbonyl (C=O) groups excluding carboxylic acids is 1. The Morgan fingerprint density at radius 3 is 2.32 bits per heavy atom. The Kier molecular flexibility index (Phi) is 3.46. The van der Waals surface area contributed by atoms with Crippen LogP contribution < -0.4 is 10.6 Å². The summed E-state index contributed by atoms with van der Waals surface area (Å²) in [5, 5.41) is 14.4. The Balaban J connectivity index is 1.93. The van der Waals surface area contributed by atoms with Gasteiger partial charge >= 0.3 is 12.0 Å². The molecule has 1 aliphatic rings. The summed E-state index contributed by atoms with van der Waals surface area (Å²) in [5.74, 6) is -0.833. The molecule has 5 nitrogen and oxygen atoms in total. The van der Waals surface area contributed by atoms with Crippen molar-refractivity contribution >= 4 is 17.7 Å². The van der Waals surface area contributed by atoms with E-state index in [1.165, 1.54) is 0 Å². The Hall–Kier alpha value is -2.04. The molecular formula is C14H18N2O3. The Bertz CT molecular complexity index is 501. The number of para-hydroxylation sites is 1. The van der Waals surface area contributed by atoms with Crippen LogP contribution in [0.1, 0.15) is 24.0 Å². The van der Waals surface area contributed by atoms with Crippen molar-refractivity contribution in [2.45, 2.75) is 26.7 Å². The minimum atomic E-state index is -0.833. The average Bonchev–Trinajstić information content (AvgIpc) is 3.13. The zero-order valence-electron chi connectivity index (χ0n) is 11.1. The predicted octanol–water partition coefficient (Wildman–Crippen LogP) is 2.29. The van der Waals surface area contributed by atoms with Gasteiger partial charge in [-0.3, -0.25) is 4.79 Å². The standard InChI is InChI=1S/C14H18N2O3/c1-9-4-3-5-10(2)11(9)16-13(19)15-8-14(6-7-14)12(17)18/h3-5H,6-8H2,1-2H3,(H,17,18)(H2,15,16,19). The maximum Gasteiger partial charge on any atom is 0.319 e. The van der Waals surface area contributed by atoms with Gasteiger partial charge in [0.05, 0.1) is 5.41 Å². The van der Waals surface area contributed by atoms with E-state index in [2.05, 4.69) is 10.6 Å². The molecule has 0 aromatic heterocycles. The molecule has 0 saturated heterocycles. The van der Waals surface area contributed by atoms with E-state index in [4.69, 9.17) is 5.11 Å². The van der Waals surface area contributed by atoms with Crippen LogP contribution in [0.3, 0.4) is 0 Å². The number of aliphatic carboxylic acids is 1. The van der Waals surface area contributed by atoms with Gasteiger partial charge in [0, 0.05) is 12.2 Å². The van der Waals surface area contributed by atoms with Crippen molar-refractivity contribution in [3.05, 3.63) is 29.3 Å². The first-order chi connectivity index (χ1) is 8.94. The lowest BCUT2D eigenvalue weighted by atomic mass is 10.1. The zero-order chi connectivity index (χ0) is 14.0. The third kappa shape index (κ3) is 2.86. The third-order valence-corrected chi connectivity index (χ3v) is 3.61. The average molecular weight is 262 g/mol. The van der Waals surface area contributed by atoms with Gasteiger partial charge in [0.2, 0.25) is 0 Å². The molecule has 0 unspecified atom stereocenters. The number of hydrogen-bond acceptors (Lipinski definition) is 2. The van der Waals surface area contributed by atoms with Crippen LogP contribution in [0.4, 0.5) is 10.5 Å². The van der Waals surface area contributed by atoms with E-state index in [1.807, 2.05) is 32.0 Å². The van der Waals surface area contributed by atoms with E-state index in [1.54, 1.807) is 0 Å². The summed E-state index contributed by atoms with van der Waals surface area (Å²) in [6.45, 7) is 4.02. The van der Waals surface area contributed by atoms with E-state index in [-0.39, 0.29) is 12.6 Å². The number of amides is 2. The fourth-order valence-electron chi connectivity index (χ4n) is 2.04. The largest absolute Gasteiger partial charge is 0.481 e. The second kappa shape index (κ2) is 4.91. The molecule has 3 N–H and O–H groups in total. The van der Waals surface area contributed by atoms with Gasteiger partial charge in [-0.25, -0.2) is 4.79 Å². The van der Waals surface area contributed by atoms with E-state index in [9.17, 15) is 9.59 Å². The van der Waals surface area contributed by atoms with Crippen LogP contribution in [0, 0.1) is 19.3 Å². The van der Waals surface area contributed by atoms with Crippen LogP contribution in [-0.4, -0.2) is 23.7 Å². The smallest absolute Gasteiger partial charge is 0.319 e. The molecule has 0 heterocycles. The molecule has 1 aromatic carbocycles. The summed E-state index contributed by atoms with van der Waals surface area (Å²) in [6, 6.07) is 5.41. The van der Waals surface area contributed by atoms with Crippen LogP contribution >= 0.6 is 0 Å². The maximum atomic E-state index is 11.8. The summed E-state index contributed by atoms with van der Waals surface area (Å²) in [5.41, 5.74) is 2.00. The highest BCUT2D eigenvalue weighted by Gasteiger charge is 2.50. The Labute approximate surface area is 112 Å². The lowest BCUT2D eigenvalue weighted by molar-refractivity contribution is -0.143. The molecule has 2 rings (SSSR count). The number of anilines is 1. The van der Waals surface area contributed by atoms with Crippen molar-refractivity contribution in [2.24, 2.45) is 5.41 Å². The molecule has 102 valence electrons. The van der Waals surface area contributed by atoms with Crippen molar-refractivity contribution in [3.63, 3.8) is 0 Å². The number of carboxylic acids is 1. The number of hydrogen-bond donors (Lipinski definition) is 3. The van der Waals surface area contributed by atoms with Gasteiger partial charge < -0.3 is 15.7 Å². The molecule has 1 saturated carbocycles. The fraction of sp³-hybridized carbons (Fsp3) is 0.429. The minimum Gasteiger partial charge on any atom is -0.481 e. The summed E-state index contributed by atoms with van der Waals surface area (Å²) in [4.78, 5) is 22.8. The molecule has 0 bridgehead atoms. The first kappa shape index (κ1) is 13.4. The number of benzene rings is 1. The molecule has 0 aliphatic heterocycles. The fourth-order valence-corrected chi connectivity index (χ4v) is 2.04. The van der Waals surface area contributed by atoms with Gasteiger partial charge in [-0.1, -0.05) is 18.2 Å². The molecule has 19 heavy (non-hydrogen) atoms. The monoisotopic (exact) mass is 262 g/mol. The number of carbonyl (C=O) groups is 2. The first-order valence-electron chi connectivity index (χ1n) is 6.29. The molecule has 0 radical (unpaired) electrons. The topological polar surface area (TPSA) is 78.4 Å². The highest BCUT2D eigenvalue weighted by molar-refractivity contribution is 5.91. The van der Waals surface area contributed by atoms with Crippen molar-refractivity contribution < 1.29 is 14.7 Å². The van der Waals surface area contributed by atoms with Crippen molar-refractivity contribution in [2.75, 3.05) is 11.9 Å². The number of urea groups is 1. The van der Waals surface area contributed by atoms with Crippen LogP contribution in [0.25, 0.3) is 0 Å². The van der Waals surface area contributed by atoms with E-state index in [0.717, 1.165) is 16.8 Å². The highest BCUT2D eigenvalue weighted by Crippen LogP contribution is 2.45. The lowest BCUT2D eigenvalue weighted by Gasteiger charge is -2.14. The summed E-state index contributed by atoms with van der Waals surface area (Å²) in [6.07, 6.45) is 1.26. The van der Waals surface area contributed by atoms with Crippen molar-refractivity contribution in [1.29, 1.82) is 0 Å². The number of rotatable bonds is 4. The number of nitrogens with one attached hydrogen (secondary N) is 2. The van der Waals surface area contributed by atoms with E-state index >= 15 is 0 Å². The van der Waals surface area contributed by atoms with E-state index < -0.39 is 11.4 Å². The van der Waals surface area contributed by atoms with Crippen LogP contribution in [-0.2, 0) is 4.79 Å². The van der Waals surface area contributed by atoms with Crippen molar-refractivity contribution in [1.82, 2.24) is 5.32 Å². The predicted molar refractivity (Wildman–Crippen MR) is 72.2 cm³/mol. The Morgan fingerprint density at radius 1 is 1.26 bits per heavy atom. The van der Waals surface area contributed by atoms with Crippen molar-refractivity contribution in [3.8, 4) is 0 Å².